The number of fused-ring (bicyclic) bond motifs is 4. The number of aromatic nitrogens is 1. The van der Waals surface area contributed by atoms with Gasteiger partial charge in [0.05, 0.1) is 27.3 Å². The quantitative estimate of drug-likeness (QED) is 0.185. The van der Waals surface area contributed by atoms with Gasteiger partial charge in [-0.15, -0.1) is 11.3 Å². The highest BCUT2D eigenvalue weighted by molar-refractivity contribution is 7.21. The number of thiazole rings is 1. The van der Waals surface area contributed by atoms with Crippen molar-refractivity contribution in [3.63, 3.8) is 0 Å². The van der Waals surface area contributed by atoms with Gasteiger partial charge in [0.2, 0.25) is 0 Å². The van der Waals surface area contributed by atoms with E-state index in [2.05, 4.69) is 163 Å². The zero-order chi connectivity index (χ0) is 31.2. The Balaban J connectivity index is 1.18. The molecule has 0 aliphatic heterocycles. The van der Waals surface area contributed by atoms with Gasteiger partial charge in [0.15, 0.2) is 0 Å². The van der Waals surface area contributed by atoms with Gasteiger partial charge in [-0.3, -0.25) is 0 Å². The monoisotopic (exact) mass is 622 g/mol. The Hall–Kier alpha value is -5.71. The number of anilines is 2. The second-order valence-electron chi connectivity index (χ2n) is 11.9. The lowest BCUT2D eigenvalue weighted by molar-refractivity contribution is 0.669. The van der Waals surface area contributed by atoms with Gasteiger partial charge in [0.25, 0.3) is 0 Å². The number of hydrogen-bond acceptors (Lipinski definition) is 4. The second kappa shape index (κ2) is 11.6. The molecule has 0 amide bonds. The van der Waals surface area contributed by atoms with E-state index in [1.165, 1.54) is 22.3 Å². The smallest absolute Gasteiger partial charge is 0.137 e. The van der Waals surface area contributed by atoms with Crippen molar-refractivity contribution in [3.05, 3.63) is 169 Å². The molecule has 0 fully saturated rings. The van der Waals surface area contributed by atoms with Crippen LogP contribution in [-0.2, 0) is 0 Å². The van der Waals surface area contributed by atoms with Gasteiger partial charge >= 0.3 is 0 Å². The molecule has 8 aromatic rings. The molecule has 6 aromatic carbocycles. The molecule has 0 bridgehead atoms. The van der Waals surface area contributed by atoms with Crippen LogP contribution in [0.3, 0.4) is 0 Å². The maximum atomic E-state index is 6.55. The minimum atomic E-state index is 0.123. The van der Waals surface area contributed by atoms with Gasteiger partial charge in [0.1, 0.15) is 16.2 Å². The molecule has 1 unspecified atom stereocenters. The summed E-state index contributed by atoms with van der Waals surface area (Å²) in [5.41, 5.74) is 11.0. The predicted octanol–water partition coefficient (Wildman–Crippen LogP) is 12.1. The van der Waals surface area contributed by atoms with Crippen LogP contribution in [0.4, 0.5) is 11.4 Å². The lowest BCUT2D eigenvalue weighted by Gasteiger charge is -2.34. The summed E-state index contributed by atoms with van der Waals surface area (Å²) < 4.78 is 7.70. The third-order valence-corrected chi connectivity index (χ3v) is 10.1. The Morgan fingerprint density at radius 1 is 0.638 bits per heavy atom. The highest BCUT2D eigenvalue weighted by Gasteiger charge is 2.25. The van der Waals surface area contributed by atoms with Gasteiger partial charge in [-0.25, -0.2) is 4.98 Å². The number of allylic oxidation sites excluding steroid dienone is 2. The summed E-state index contributed by atoms with van der Waals surface area (Å²) in [6, 6.07) is 51.5. The first-order valence-electron chi connectivity index (χ1n) is 16.0. The molecule has 0 saturated heterocycles. The van der Waals surface area contributed by atoms with Crippen LogP contribution in [-0.4, -0.2) is 11.0 Å². The molecule has 9 rings (SSSR count). The van der Waals surface area contributed by atoms with Gasteiger partial charge in [-0.1, -0.05) is 127 Å². The van der Waals surface area contributed by atoms with E-state index in [0.29, 0.717) is 0 Å². The fraction of sp³-hybridized carbons (Fsp3) is 0.0465. The summed E-state index contributed by atoms with van der Waals surface area (Å²) in [4.78, 5) is 7.46. The fourth-order valence-corrected chi connectivity index (χ4v) is 7.72. The van der Waals surface area contributed by atoms with Crippen molar-refractivity contribution < 1.29 is 4.42 Å². The summed E-state index contributed by atoms with van der Waals surface area (Å²) in [5.74, 6) is 0. The van der Waals surface area contributed by atoms with E-state index in [4.69, 9.17) is 9.40 Å². The zero-order valence-electron chi connectivity index (χ0n) is 25.6. The lowest BCUT2D eigenvalue weighted by atomic mass is 9.95. The average molecular weight is 623 g/mol. The summed E-state index contributed by atoms with van der Waals surface area (Å²) >= 11 is 1.73. The van der Waals surface area contributed by atoms with E-state index in [1.807, 2.05) is 6.07 Å². The lowest BCUT2D eigenvalue weighted by Crippen LogP contribution is -2.30. The minimum Gasteiger partial charge on any atom is -0.456 e. The average Bonchev–Trinajstić information content (AvgIpc) is 3.73. The summed E-state index contributed by atoms with van der Waals surface area (Å²) in [5, 5.41) is 3.25. The molecule has 4 heteroatoms. The molecule has 0 N–H and O–H groups in total. The number of nitrogens with zero attached hydrogens (tertiary/aromatic N) is 2. The highest BCUT2D eigenvalue weighted by Crippen LogP contribution is 2.44. The van der Waals surface area contributed by atoms with Crippen molar-refractivity contribution >= 4 is 60.4 Å². The Labute approximate surface area is 277 Å². The number of furan rings is 1. The zero-order valence-corrected chi connectivity index (χ0v) is 26.4. The largest absolute Gasteiger partial charge is 0.456 e. The molecule has 0 radical (unpaired) electrons. The Morgan fingerprint density at radius 2 is 1.32 bits per heavy atom. The number of rotatable bonds is 6. The molecule has 1 atom stereocenters. The standard InChI is InChI=1S/C43H30N2OS/c1-4-11-29(12-5-1)31-19-23-34(24-20-31)45(35-25-21-32(22-26-35)30-13-6-2-7-14-30)38-17-10-18-39-42(38)36-27-41-37(28-40(36)46-39)44-43(47-41)33-15-8-3-9-16-33/h1-25,27-28,35H,26H2. The molecular weight excluding hydrogens is 593 g/mol. The first-order chi connectivity index (χ1) is 23.3. The van der Waals surface area contributed by atoms with Crippen molar-refractivity contribution in [1.29, 1.82) is 0 Å². The Bertz CT molecular complexity index is 2420. The summed E-state index contributed by atoms with van der Waals surface area (Å²) in [7, 11) is 0. The van der Waals surface area contributed by atoms with Crippen LogP contribution in [0.15, 0.2) is 168 Å². The van der Waals surface area contributed by atoms with Crippen LogP contribution in [0.5, 0.6) is 0 Å². The molecule has 1 aliphatic carbocycles. The van der Waals surface area contributed by atoms with Crippen molar-refractivity contribution in [1.82, 2.24) is 4.98 Å². The highest BCUT2D eigenvalue weighted by atomic mass is 32.1. The van der Waals surface area contributed by atoms with Crippen LogP contribution in [0, 0.1) is 0 Å². The molecule has 0 saturated carbocycles. The van der Waals surface area contributed by atoms with E-state index in [9.17, 15) is 0 Å². The topological polar surface area (TPSA) is 29.3 Å². The van der Waals surface area contributed by atoms with Gasteiger partial charge < -0.3 is 9.32 Å². The van der Waals surface area contributed by atoms with Crippen LogP contribution in [0.2, 0.25) is 0 Å². The Kier molecular flexibility index (Phi) is 6.80. The van der Waals surface area contributed by atoms with Crippen molar-refractivity contribution in [2.75, 3.05) is 4.90 Å². The normalized spacial score (nSPS) is 14.6. The van der Waals surface area contributed by atoms with Gasteiger partial charge in [-0.2, -0.15) is 0 Å². The predicted molar refractivity (Wildman–Crippen MR) is 198 cm³/mol. The second-order valence-corrected chi connectivity index (χ2v) is 13.0. The molecule has 1 aliphatic rings. The van der Waals surface area contributed by atoms with E-state index >= 15 is 0 Å². The molecule has 0 spiro atoms. The van der Waals surface area contributed by atoms with Crippen LogP contribution in [0.25, 0.3) is 59.4 Å². The van der Waals surface area contributed by atoms with E-state index in [1.54, 1.807) is 11.3 Å². The third kappa shape index (κ3) is 5.04. The molecule has 2 heterocycles. The van der Waals surface area contributed by atoms with Crippen LogP contribution < -0.4 is 4.90 Å². The molecule has 224 valence electrons. The fourth-order valence-electron chi connectivity index (χ4n) is 6.73. The van der Waals surface area contributed by atoms with Crippen LogP contribution >= 0.6 is 11.3 Å². The Morgan fingerprint density at radius 3 is 2.02 bits per heavy atom. The summed E-state index contributed by atoms with van der Waals surface area (Å²) in [6.45, 7) is 0. The molecule has 47 heavy (non-hydrogen) atoms. The maximum Gasteiger partial charge on any atom is 0.137 e. The minimum absolute atomic E-state index is 0.123. The molecule has 2 aromatic heterocycles. The van der Waals surface area contributed by atoms with E-state index < -0.39 is 0 Å². The SMILES string of the molecule is C1=CC(N(c2ccc(-c3ccccc3)cc2)c2cccc3oc4cc5nc(-c6ccccc6)sc5cc4c23)CC=C1c1ccccc1. The first-order valence-corrected chi connectivity index (χ1v) is 16.8. The maximum absolute atomic E-state index is 6.55. The first kappa shape index (κ1) is 27.6. The molecule has 3 nitrogen and oxygen atoms in total. The van der Waals surface area contributed by atoms with Crippen molar-refractivity contribution in [3.8, 4) is 21.7 Å². The van der Waals surface area contributed by atoms with E-state index in [-0.39, 0.29) is 6.04 Å². The third-order valence-electron chi connectivity index (χ3n) is 9.03. The van der Waals surface area contributed by atoms with Gasteiger partial charge in [0, 0.05) is 22.7 Å². The number of benzene rings is 6. The van der Waals surface area contributed by atoms with E-state index in [0.717, 1.165) is 60.5 Å². The van der Waals surface area contributed by atoms with Crippen molar-refractivity contribution in [2.45, 2.75) is 12.5 Å². The summed E-state index contributed by atoms with van der Waals surface area (Å²) in [6.07, 6.45) is 7.87. The van der Waals surface area contributed by atoms with Crippen molar-refractivity contribution in [2.24, 2.45) is 0 Å². The van der Waals surface area contributed by atoms with Crippen LogP contribution in [0.1, 0.15) is 12.0 Å². The number of hydrogen-bond donors (Lipinski definition) is 0. The van der Waals surface area contributed by atoms with Gasteiger partial charge in [-0.05, 0) is 59.0 Å². The molecular formula is C43H30N2OS.